The number of hydrogen-bond acceptors (Lipinski definition) is 4. The highest BCUT2D eigenvalue weighted by Gasteiger charge is 2.16. The summed E-state index contributed by atoms with van der Waals surface area (Å²) in [4.78, 5) is 15.8. The van der Waals surface area contributed by atoms with Crippen LogP contribution in [0.15, 0.2) is 61.2 Å². The van der Waals surface area contributed by atoms with Gasteiger partial charge in [0.05, 0.1) is 27.9 Å². The van der Waals surface area contributed by atoms with Crippen molar-refractivity contribution in [3.05, 3.63) is 67.0 Å². The number of aromatic nitrogens is 5. The van der Waals surface area contributed by atoms with Gasteiger partial charge in [0.1, 0.15) is 12.1 Å². The zero-order valence-corrected chi connectivity index (χ0v) is 16.3. The highest BCUT2D eigenvalue weighted by Crippen LogP contribution is 2.31. The smallest absolute Gasteiger partial charge is 0.236 e. The average molecular weight is 386 g/mol. The molecule has 2 aromatic carbocycles. The van der Waals surface area contributed by atoms with Gasteiger partial charge in [-0.05, 0) is 30.3 Å². The number of fused-ring (bicyclic) bond motifs is 2. The van der Waals surface area contributed by atoms with E-state index in [4.69, 9.17) is 9.97 Å². The summed E-state index contributed by atoms with van der Waals surface area (Å²) in [6.45, 7) is 0. The van der Waals surface area contributed by atoms with E-state index in [0.717, 1.165) is 33.2 Å². The topological polar surface area (TPSA) is 51.8 Å². The summed E-state index contributed by atoms with van der Waals surface area (Å²) >= 11 is 0. The summed E-state index contributed by atoms with van der Waals surface area (Å²) < 4.78 is 18.1. The zero-order chi connectivity index (χ0) is 20.1. The van der Waals surface area contributed by atoms with E-state index >= 15 is 0 Å². The van der Waals surface area contributed by atoms with E-state index in [9.17, 15) is 4.39 Å². The predicted molar refractivity (Wildman–Crippen MR) is 113 cm³/mol. The van der Waals surface area contributed by atoms with Crippen LogP contribution in [0.3, 0.4) is 0 Å². The van der Waals surface area contributed by atoms with Crippen LogP contribution in [0.5, 0.6) is 0 Å². The van der Waals surface area contributed by atoms with Crippen molar-refractivity contribution in [2.45, 2.75) is 0 Å². The van der Waals surface area contributed by atoms with Gasteiger partial charge < -0.3 is 9.47 Å². The van der Waals surface area contributed by atoms with E-state index in [1.165, 1.54) is 6.07 Å². The number of imidazole rings is 1. The van der Waals surface area contributed by atoms with Gasteiger partial charge in [-0.1, -0.05) is 12.1 Å². The Morgan fingerprint density at radius 1 is 0.966 bits per heavy atom. The summed E-state index contributed by atoms with van der Waals surface area (Å²) in [7, 11) is 5.60. The Hall–Kier alpha value is -3.74. The molecule has 0 spiro atoms. The molecule has 0 aliphatic heterocycles. The third-order valence-electron chi connectivity index (χ3n) is 4.99. The van der Waals surface area contributed by atoms with Gasteiger partial charge in [-0.25, -0.2) is 19.3 Å². The molecule has 0 aliphatic carbocycles. The highest BCUT2D eigenvalue weighted by molar-refractivity contribution is 5.93. The molecule has 0 amide bonds. The number of para-hydroxylation sites is 2. The van der Waals surface area contributed by atoms with E-state index in [0.29, 0.717) is 11.6 Å². The Labute approximate surface area is 166 Å². The molecule has 0 saturated heterocycles. The van der Waals surface area contributed by atoms with Gasteiger partial charge in [-0.15, -0.1) is 0 Å². The van der Waals surface area contributed by atoms with Crippen molar-refractivity contribution in [1.82, 2.24) is 24.1 Å². The molecular formula is C22H19FN6. The summed E-state index contributed by atoms with van der Waals surface area (Å²) in [5.41, 5.74) is 4.73. The Morgan fingerprint density at radius 3 is 2.62 bits per heavy atom. The van der Waals surface area contributed by atoms with Crippen LogP contribution in [-0.2, 0) is 7.05 Å². The molecule has 0 N–H and O–H groups in total. The van der Waals surface area contributed by atoms with Gasteiger partial charge in [0, 0.05) is 44.5 Å². The first-order valence-corrected chi connectivity index (χ1v) is 9.25. The standard InChI is InChI=1S/C22H19FN6/c1-27(2)20-10-14(8-9-16(20)23)21-15-11-28(3)12-18(15)25-22(26-21)29-13-24-17-6-4-5-7-19(17)29/h4-13H,1-3H3. The Bertz CT molecular complexity index is 1360. The van der Waals surface area contributed by atoms with Crippen LogP contribution < -0.4 is 4.90 Å². The van der Waals surface area contributed by atoms with Crippen LogP contribution in [-0.4, -0.2) is 38.2 Å². The largest absolute Gasteiger partial charge is 0.375 e. The molecule has 0 unspecified atom stereocenters. The molecule has 0 radical (unpaired) electrons. The van der Waals surface area contributed by atoms with E-state index in [-0.39, 0.29) is 5.82 Å². The first kappa shape index (κ1) is 17.4. The predicted octanol–water partition coefficient (Wildman–Crippen LogP) is 4.18. The number of hydrogen-bond donors (Lipinski definition) is 0. The minimum atomic E-state index is -0.266. The van der Waals surface area contributed by atoms with Gasteiger partial charge in [-0.3, -0.25) is 4.57 Å². The van der Waals surface area contributed by atoms with Crippen molar-refractivity contribution in [2.24, 2.45) is 7.05 Å². The van der Waals surface area contributed by atoms with Crippen LogP contribution in [0.2, 0.25) is 0 Å². The molecule has 3 aromatic heterocycles. The fraction of sp³-hybridized carbons (Fsp3) is 0.136. The third-order valence-corrected chi connectivity index (χ3v) is 4.99. The van der Waals surface area contributed by atoms with E-state index < -0.39 is 0 Å². The molecule has 5 aromatic rings. The monoisotopic (exact) mass is 386 g/mol. The van der Waals surface area contributed by atoms with Gasteiger partial charge in [-0.2, -0.15) is 0 Å². The van der Waals surface area contributed by atoms with Crippen molar-refractivity contribution in [1.29, 1.82) is 0 Å². The zero-order valence-electron chi connectivity index (χ0n) is 16.3. The lowest BCUT2D eigenvalue weighted by atomic mass is 10.1. The summed E-state index contributed by atoms with van der Waals surface area (Å²) in [5.74, 6) is 0.265. The number of nitrogens with zero attached hydrogens (tertiary/aromatic N) is 6. The second kappa shape index (κ2) is 6.41. The Morgan fingerprint density at radius 2 is 1.79 bits per heavy atom. The van der Waals surface area contributed by atoms with E-state index in [1.807, 2.05) is 73.0 Å². The SMILES string of the molecule is CN(C)c1cc(-c2nc(-n3cnc4ccccc43)nc3cn(C)cc23)ccc1F. The van der Waals surface area contributed by atoms with Crippen LogP contribution in [0.4, 0.5) is 10.1 Å². The number of benzene rings is 2. The number of anilines is 1. The first-order chi connectivity index (χ1) is 14.0. The Kier molecular flexibility index (Phi) is 3.84. The maximum Gasteiger partial charge on any atom is 0.236 e. The molecule has 144 valence electrons. The second-order valence-electron chi connectivity index (χ2n) is 7.26. The quantitative estimate of drug-likeness (QED) is 0.467. The van der Waals surface area contributed by atoms with Crippen molar-refractivity contribution in [3.63, 3.8) is 0 Å². The molecule has 7 heteroatoms. The molecule has 5 rings (SSSR count). The van der Waals surface area contributed by atoms with Crippen LogP contribution in [0, 0.1) is 5.82 Å². The normalized spacial score (nSPS) is 11.4. The minimum absolute atomic E-state index is 0.266. The molecule has 29 heavy (non-hydrogen) atoms. The number of aryl methyl sites for hydroxylation is 1. The summed E-state index contributed by atoms with van der Waals surface area (Å²) in [6, 6.07) is 12.9. The van der Waals surface area contributed by atoms with Crippen molar-refractivity contribution >= 4 is 27.6 Å². The lowest BCUT2D eigenvalue weighted by molar-refractivity contribution is 0.626. The molecule has 0 aliphatic rings. The lowest BCUT2D eigenvalue weighted by Crippen LogP contribution is -2.10. The molecule has 0 fully saturated rings. The Balaban J connectivity index is 1.79. The fourth-order valence-electron chi connectivity index (χ4n) is 3.58. The highest BCUT2D eigenvalue weighted by atomic mass is 19.1. The summed E-state index contributed by atoms with van der Waals surface area (Å²) in [6.07, 6.45) is 5.67. The average Bonchev–Trinajstić information content (AvgIpc) is 3.30. The van der Waals surface area contributed by atoms with E-state index in [2.05, 4.69) is 4.98 Å². The second-order valence-corrected chi connectivity index (χ2v) is 7.26. The molecule has 6 nitrogen and oxygen atoms in total. The lowest BCUT2D eigenvalue weighted by Gasteiger charge is -2.15. The first-order valence-electron chi connectivity index (χ1n) is 9.25. The van der Waals surface area contributed by atoms with Gasteiger partial charge in [0.15, 0.2) is 0 Å². The minimum Gasteiger partial charge on any atom is -0.375 e. The maximum absolute atomic E-state index is 14.2. The van der Waals surface area contributed by atoms with Gasteiger partial charge in [0.25, 0.3) is 0 Å². The fourth-order valence-corrected chi connectivity index (χ4v) is 3.58. The maximum atomic E-state index is 14.2. The molecular weight excluding hydrogens is 367 g/mol. The number of rotatable bonds is 3. The van der Waals surface area contributed by atoms with Crippen LogP contribution in [0.25, 0.3) is 39.1 Å². The van der Waals surface area contributed by atoms with Gasteiger partial charge in [0.2, 0.25) is 5.95 Å². The van der Waals surface area contributed by atoms with Crippen molar-refractivity contribution in [2.75, 3.05) is 19.0 Å². The van der Waals surface area contributed by atoms with Crippen LogP contribution >= 0.6 is 0 Å². The molecule has 0 atom stereocenters. The third kappa shape index (κ3) is 2.82. The molecule has 0 saturated carbocycles. The van der Waals surface area contributed by atoms with Crippen LogP contribution in [0.1, 0.15) is 0 Å². The molecule has 3 heterocycles. The summed E-state index contributed by atoms with van der Waals surface area (Å²) in [5, 5.41) is 0.914. The number of halogens is 1. The van der Waals surface area contributed by atoms with Gasteiger partial charge >= 0.3 is 0 Å². The van der Waals surface area contributed by atoms with E-state index in [1.54, 1.807) is 17.3 Å². The molecule has 0 bridgehead atoms. The van der Waals surface area contributed by atoms with Crippen molar-refractivity contribution < 1.29 is 4.39 Å². The van der Waals surface area contributed by atoms with Crippen molar-refractivity contribution in [3.8, 4) is 17.2 Å².